The van der Waals surface area contributed by atoms with Crippen molar-refractivity contribution in [1.29, 1.82) is 0 Å². The van der Waals surface area contributed by atoms with Gasteiger partial charge < -0.3 is 0 Å². The quantitative estimate of drug-likeness (QED) is 0.375. The van der Waals surface area contributed by atoms with Gasteiger partial charge >= 0.3 is 0 Å². The summed E-state index contributed by atoms with van der Waals surface area (Å²) >= 11 is 21.5. The van der Waals surface area contributed by atoms with Crippen molar-refractivity contribution in [3.05, 3.63) is 66.8 Å². The van der Waals surface area contributed by atoms with E-state index in [9.17, 15) is 4.79 Å². The molecule has 0 unspecified atom stereocenters. The second kappa shape index (κ2) is 9.44. The van der Waals surface area contributed by atoms with Crippen LogP contribution < -0.4 is 5.43 Å². The fourth-order valence-electron chi connectivity index (χ4n) is 3.43. The average molecular weight is 576 g/mol. The number of rotatable bonds is 4. The summed E-state index contributed by atoms with van der Waals surface area (Å²) in [5, 5.41) is 7.67. The molecule has 30 heavy (non-hydrogen) atoms. The number of hydrazine groups is 1. The Morgan fingerprint density at radius 3 is 2.37 bits per heavy atom. The van der Waals surface area contributed by atoms with Crippen LogP contribution in [0.15, 0.2) is 42.5 Å². The van der Waals surface area contributed by atoms with Gasteiger partial charge in [0, 0.05) is 27.2 Å². The molecule has 1 aromatic heterocycles. The Kier molecular flexibility index (Phi) is 6.89. The summed E-state index contributed by atoms with van der Waals surface area (Å²) in [4.78, 5) is 13.0. The molecule has 4 rings (SSSR count). The maximum absolute atomic E-state index is 13.0. The zero-order valence-electron chi connectivity index (χ0n) is 15.8. The molecule has 9 heteroatoms. The largest absolute Gasteiger partial charge is 0.287 e. The smallest absolute Gasteiger partial charge is 0.283 e. The Labute approximate surface area is 203 Å². The fourth-order valence-corrected chi connectivity index (χ4v) is 4.59. The molecule has 1 aliphatic rings. The van der Waals surface area contributed by atoms with Crippen LogP contribution in [0.25, 0.3) is 16.9 Å². The van der Waals surface area contributed by atoms with Gasteiger partial charge in [0.1, 0.15) is 5.02 Å². The highest BCUT2D eigenvalue weighted by Gasteiger charge is 2.26. The Hall–Kier alpha value is -1.32. The van der Waals surface area contributed by atoms with E-state index >= 15 is 0 Å². The van der Waals surface area contributed by atoms with Crippen LogP contribution in [0.5, 0.6) is 0 Å². The second-order valence-electron chi connectivity index (χ2n) is 7.01. The van der Waals surface area contributed by atoms with Crippen molar-refractivity contribution in [3.63, 3.8) is 0 Å². The molecular formula is C21H18Cl3IN4O. The molecule has 1 amide bonds. The molecule has 0 aliphatic carbocycles. The number of hydrogen-bond acceptors (Lipinski definition) is 3. The third-order valence-corrected chi connectivity index (χ3v) is 6.53. The highest BCUT2D eigenvalue weighted by atomic mass is 127. The summed E-state index contributed by atoms with van der Waals surface area (Å²) in [6.07, 6.45) is 3.28. The highest BCUT2D eigenvalue weighted by Crippen LogP contribution is 2.36. The Bertz CT molecular complexity index is 1080. The fraction of sp³-hybridized carbons (Fsp3) is 0.238. The van der Waals surface area contributed by atoms with Crippen LogP contribution in [-0.2, 0) is 0 Å². The van der Waals surface area contributed by atoms with Crippen molar-refractivity contribution in [2.75, 3.05) is 13.1 Å². The number of hydrogen-bond donors (Lipinski definition) is 1. The number of nitrogens with one attached hydrogen (secondary N) is 1. The summed E-state index contributed by atoms with van der Waals surface area (Å²) < 4.78 is 2.69. The van der Waals surface area contributed by atoms with Crippen molar-refractivity contribution in [3.8, 4) is 16.9 Å². The molecule has 3 aromatic rings. The van der Waals surface area contributed by atoms with Crippen molar-refractivity contribution in [2.24, 2.45) is 0 Å². The molecular weight excluding hydrogens is 558 g/mol. The molecule has 1 aliphatic heterocycles. The molecule has 0 atom stereocenters. The van der Waals surface area contributed by atoms with Crippen molar-refractivity contribution in [1.82, 2.24) is 20.2 Å². The van der Waals surface area contributed by atoms with Crippen LogP contribution in [0.4, 0.5) is 0 Å². The van der Waals surface area contributed by atoms with E-state index in [1.165, 1.54) is 6.42 Å². The molecule has 0 bridgehead atoms. The standard InChI is InChI=1S/C21H18Cl3IN4O/c22-14-6-9-17(16(23)12-14)29-20(13-4-7-15(25)8-5-13)18(24)19(26-29)21(30)27-28-10-2-1-3-11-28/h4-9,12H,1-3,10-11H2,(H,27,30). The summed E-state index contributed by atoms with van der Waals surface area (Å²) in [5.41, 5.74) is 5.10. The van der Waals surface area contributed by atoms with Gasteiger partial charge in [0.15, 0.2) is 5.69 Å². The molecule has 0 saturated carbocycles. The zero-order chi connectivity index (χ0) is 21.3. The predicted octanol–water partition coefficient (Wildman–Crippen LogP) is 6.23. The van der Waals surface area contributed by atoms with E-state index in [1.807, 2.05) is 29.3 Å². The van der Waals surface area contributed by atoms with Gasteiger partial charge in [0.05, 0.1) is 16.4 Å². The predicted molar refractivity (Wildman–Crippen MR) is 130 cm³/mol. The van der Waals surface area contributed by atoms with Crippen molar-refractivity contribution in [2.45, 2.75) is 19.3 Å². The van der Waals surface area contributed by atoms with Gasteiger partial charge in [0.2, 0.25) is 0 Å². The first kappa shape index (κ1) is 21.9. The monoisotopic (exact) mass is 574 g/mol. The first-order chi connectivity index (χ1) is 14.4. The van der Waals surface area contributed by atoms with Crippen LogP contribution in [0.1, 0.15) is 29.8 Å². The normalized spacial score (nSPS) is 14.7. The number of nitrogens with zero attached hydrogens (tertiary/aromatic N) is 3. The van der Waals surface area contributed by atoms with E-state index in [2.05, 4.69) is 33.1 Å². The summed E-state index contributed by atoms with van der Waals surface area (Å²) in [6, 6.07) is 13.0. The molecule has 1 N–H and O–H groups in total. The molecule has 2 heterocycles. The van der Waals surface area contributed by atoms with E-state index in [-0.39, 0.29) is 16.6 Å². The maximum atomic E-state index is 13.0. The Balaban J connectivity index is 1.80. The molecule has 1 fully saturated rings. The highest BCUT2D eigenvalue weighted by molar-refractivity contribution is 14.1. The Morgan fingerprint density at radius 1 is 1.00 bits per heavy atom. The summed E-state index contributed by atoms with van der Waals surface area (Å²) in [7, 11) is 0. The van der Waals surface area contributed by atoms with E-state index < -0.39 is 0 Å². The lowest BCUT2D eigenvalue weighted by Gasteiger charge is -2.26. The lowest BCUT2D eigenvalue weighted by atomic mass is 10.1. The first-order valence-electron chi connectivity index (χ1n) is 9.50. The minimum absolute atomic E-state index is 0.154. The number of amides is 1. The molecule has 0 radical (unpaired) electrons. The second-order valence-corrected chi connectivity index (χ2v) is 9.48. The van der Waals surface area contributed by atoms with Gasteiger partial charge in [-0.05, 0) is 65.8 Å². The number of halogens is 4. The first-order valence-corrected chi connectivity index (χ1v) is 11.7. The lowest BCUT2D eigenvalue weighted by Crippen LogP contribution is -2.45. The van der Waals surface area contributed by atoms with Crippen LogP contribution >= 0.6 is 57.4 Å². The van der Waals surface area contributed by atoms with E-state index in [0.717, 1.165) is 35.1 Å². The van der Waals surface area contributed by atoms with E-state index in [4.69, 9.17) is 34.8 Å². The summed E-state index contributed by atoms with van der Waals surface area (Å²) in [6.45, 7) is 1.63. The topological polar surface area (TPSA) is 50.2 Å². The molecule has 156 valence electrons. The Morgan fingerprint density at radius 2 is 1.70 bits per heavy atom. The molecule has 2 aromatic carbocycles. The third kappa shape index (κ3) is 4.62. The number of piperidine rings is 1. The van der Waals surface area contributed by atoms with Crippen LogP contribution in [0, 0.1) is 3.57 Å². The van der Waals surface area contributed by atoms with Crippen LogP contribution in [0.2, 0.25) is 15.1 Å². The average Bonchev–Trinajstić information content (AvgIpc) is 3.06. The van der Waals surface area contributed by atoms with Crippen molar-refractivity contribution < 1.29 is 4.79 Å². The van der Waals surface area contributed by atoms with Gasteiger partial charge in [-0.25, -0.2) is 9.69 Å². The SMILES string of the molecule is O=C(NN1CCCCC1)c1nn(-c2ccc(Cl)cc2Cl)c(-c2ccc(I)cc2)c1Cl. The van der Waals surface area contributed by atoms with Crippen molar-refractivity contribution >= 4 is 63.3 Å². The summed E-state index contributed by atoms with van der Waals surface area (Å²) in [5.74, 6) is -0.336. The van der Waals surface area contributed by atoms with Gasteiger partial charge in [-0.15, -0.1) is 0 Å². The van der Waals surface area contributed by atoms with Crippen LogP contribution in [0.3, 0.4) is 0 Å². The number of aromatic nitrogens is 2. The van der Waals surface area contributed by atoms with E-state index in [0.29, 0.717) is 21.4 Å². The lowest BCUT2D eigenvalue weighted by molar-refractivity contribution is 0.0744. The molecule has 5 nitrogen and oxygen atoms in total. The van der Waals surface area contributed by atoms with E-state index in [1.54, 1.807) is 22.9 Å². The maximum Gasteiger partial charge on any atom is 0.287 e. The number of benzene rings is 2. The van der Waals surface area contributed by atoms with Gasteiger partial charge in [0.25, 0.3) is 5.91 Å². The van der Waals surface area contributed by atoms with Gasteiger partial charge in [-0.1, -0.05) is 53.4 Å². The van der Waals surface area contributed by atoms with Gasteiger partial charge in [-0.3, -0.25) is 10.2 Å². The molecule has 1 saturated heterocycles. The van der Waals surface area contributed by atoms with Crippen LogP contribution in [-0.4, -0.2) is 33.8 Å². The molecule has 0 spiro atoms. The van der Waals surface area contributed by atoms with Gasteiger partial charge in [-0.2, -0.15) is 5.10 Å². The minimum atomic E-state index is -0.336. The zero-order valence-corrected chi connectivity index (χ0v) is 20.3. The number of carbonyl (C=O) groups is 1. The minimum Gasteiger partial charge on any atom is -0.283 e. The number of carbonyl (C=O) groups excluding carboxylic acids is 1. The third-order valence-electron chi connectivity index (χ3n) is 4.91.